The van der Waals surface area contributed by atoms with Crippen molar-refractivity contribution in [3.8, 4) is 0 Å². The van der Waals surface area contributed by atoms with Crippen LogP contribution in [0.1, 0.15) is 219 Å². The molecule has 0 rings (SSSR count). The van der Waals surface area contributed by atoms with Crippen molar-refractivity contribution >= 4 is 0 Å². The molecule has 0 aliphatic heterocycles. The fourth-order valence-electron chi connectivity index (χ4n) is 4.66. The first-order valence-electron chi connectivity index (χ1n) is 25.3. The molecule has 0 aliphatic rings. The molecular formula is C60H118. The molecule has 0 N–H and O–H groups in total. The van der Waals surface area contributed by atoms with E-state index < -0.39 is 0 Å². The first kappa shape index (κ1) is 67.5. The van der Waals surface area contributed by atoms with Crippen LogP contribution < -0.4 is 0 Å². The summed E-state index contributed by atoms with van der Waals surface area (Å²) in [5.74, 6) is 12.3. The van der Waals surface area contributed by atoms with Gasteiger partial charge in [0.1, 0.15) is 0 Å². The van der Waals surface area contributed by atoms with Crippen molar-refractivity contribution in [3.63, 3.8) is 0 Å². The minimum Gasteiger partial charge on any atom is -0.0996 e. The van der Waals surface area contributed by atoms with E-state index in [9.17, 15) is 0 Å². The van der Waals surface area contributed by atoms with Gasteiger partial charge in [0.15, 0.2) is 0 Å². The van der Waals surface area contributed by atoms with Gasteiger partial charge in [0, 0.05) is 0 Å². The summed E-state index contributed by atoms with van der Waals surface area (Å²) in [5, 5.41) is 0. The van der Waals surface area contributed by atoms with E-state index in [2.05, 4.69) is 224 Å². The molecule has 7 atom stereocenters. The third-order valence-electron chi connectivity index (χ3n) is 14.1. The minimum atomic E-state index is 0.570. The Morgan fingerprint density at radius 2 is 0.633 bits per heavy atom. The highest BCUT2D eigenvalue weighted by Gasteiger charge is 2.12. The summed E-state index contributed by atoms with van der Waals surface area (Å²) in [7, 11) is 0. The van der Waals surface area contributed by atoms with Crippen LogP contribution in [-0.2, 0) is 0 Å². The Kier molecular flexibility index (Phi) is 44.0. The maximum atomic E-state index is 4.09. The molecule has 0 fully saturated rings. The first-order chi connectivity index (χ1) is 27.2. The average molecular weight is 840 g/mol. The van der Waals surface area contributed by atoms with Gasteiger partial charge in [0.25, 0.3) is 0 Å². The third-order valence-corrected chi connectivity index (χ3v) is 14.1. The van der Waals surface area contributed by atoms with E-state index in [1.807, 2.05) is 6.92 Å². The Morgan fingerprint density at radius 1 is 0.350 bits per heavy atom. The second-order valence-corrected chi connectivity index (χ2v) is 22.5. The largest absolute Gasteiger partial charge is 0.0996 e. The fourth-order valence-corrected chi connectivity index (χ4v) is 4.66. The predicted molar refractivity (Wildman–Crippen MR) is 286 cm³/mol. The van der Waals surface area contributed by atoms with Crippen molar-refractivity contribution in [2.75, 3.05) is 0 Å². The molecular weight excluding hydrogens is 721 g/mol. The minimum absolute atomic E-state index is 0.570. The molecule has 0 aromatic carbocycles. The molecule has 60 heavy (non-hydrogen) atoms. The molecule has 0 nitrogen and oxygen atoms in total. The molecule has 0 heterocycles. The van der Waals surface area contributed by atoms with Gasteiger partial charge in [-0.05, 0) is 127 Å². The molecule has 0 saturated carbocycles. The van der Waals surface area contributed by atoms with E-state index in [-0.39, 0.29) is 0 Å². The van der Waals surface area contributed by atoms with Crippen LogP contribution in [0.2, 0.25) is 0 Å². The van der Waals surface area contributed by atoms with Gasteiger partial charge < -0.3 is 0 Å². The Bertz CT molecular complexity index is 1060. The fraction of sp³-hybridized carbons (Fsp3) is 0.800. The SMILES string of the molecule is C=C(/C=C/[C@@H](C)C(C)C)C(C)C.C=C(C)C(=C)CC[C@@H](C)C(C)C.C=C(CC[C@@H](C)C(C)C)C(C)C.CC(C)[C@H](C)/C=C/[C@H](C)C(C)C.CC(C)[C@H](C)CC[C@H](C)C(C)C. The predicted octanol–water partition coefficient (Wildman–Crippen LogP) is 21.0. The lowest BCUT2D eigenvalue weighted by Crippen LogP contribution is -2.09. The van der Waals surface area contributed by atoms with Crippen LogP contribution in [0.5, 0.6) is 0 Å². The molecule has 0 amide bonds. The van der Waals surface area contributed by atoms with Gasteiger partial charge >= 0.3 is 0 Å². The molecule has 0 radical (unpaired) electrons. The van der Waals surface area contributed by atoms with Gasteiger partial charge in [-0.3, -0.25) is 0 Å². The standard InChI is InChI=1S/C12H26.2C12H24.2C12H22/c5*1-9(2)11(5)7-8-12(6)10(3)4/h9-12H,7-8H2,1-6H3;7-12H,1-6H3;9-10,12H,5,7-8H2,1-4,6H3;7-10,12H,5H2,1-4,6H3;10,12H,1,5,7-8H2,2-4,6H3/b;8-7+;;8-7+;/t2*11-,12+;3*12-/m..111/s1. The molecule has 0 heteroatoms. The number of rotatable bonds is 23. The zero-order chi connectivity index (χ0) is 48.6. The quantitative estimate of drug-likeness (QED) is 0.0710. The van der Waals surface area contributed by atoms with E-state index in [1.165, 1.54) is 48.8 Å². The zero-order valence-corrected chi connectivity index (χ0v) is 46.6. The molecule has 0 saturated heterocycles. The van der Waals surface area contributed by atoms with Crippen LogP contribution in [0, 0.1) is 94.7 Å². The van der Waals surface area contributed by atoms with Crippen LogP contribution in [0.4, 0.5) is 0 Å². The topological polar surface area (TPSA) is 0 Å². The highest BCUT2D eigenvalue weighted by molar-refractivity contribution is 5.22. The van der Waals surface area contributed by atoms with E-state index in [0.717, 1.165) is 77.1 Å². The van der Waals surface area contributed by atoms with Gasteiger partial charge in [0.2, 0.25) is 0 Å². The van der Waals surface area contributed by atoms with Crippen LogP contribution >= 0.6 is 0 Å². The van der Waals surface area contributed by atoms with E-state index in [4.69, 9.17) is 0 Å². The number of hydrogen-bond acceptors (Lipinski definition) is 0. The lowest BCUT2D eigenvalue weighted by molar-refractivity contribution is 0.312. The van der Waals surface area contributed by atoms with E-state index in [0.29, 0.717) is 29.6 Å². The van der Waals surface area contributed by atoms with Crippen LogP contribution in [-0.4, -0.2) is 0 Å². The average Bonchev–Trinajstić information content (AvgIpc) is 3.15. The summed E-state index contributed by atoms with van der Waals surface area (Å²) in [5.41, 5.74) is 4.97. The van der Waals surface area contributed by atoms with Crippen LogP contribution in [0.3, 0.4) is 0 Å². The highest BCUT2D eigenvalue weighted by atomic mass is 14.2. The normalized spacial score (nSPS) is 15.2. The van der Waals surface area contributed by atoms with Crippen LogP contribution in [0.15, 0.2) is 72.9 Å². The van der Waals surface area contributed by atoms with E-state index >= 15 is 0 Å². The van der Waals surface area contributed by atoms with Crippen molar-refractivity contribution in [1.82, 2.24) is 0 Å². The first-order valence-corrected chi connectivity index (χ1v) is 25.3. The molecule has 0 aromatic heterocycles. The van der Waals surface area contributed by atoms with Crippen molar-refractivity contribution in [2.24, 2.45) is 94.7 Å². The van der Waals surface area contributed by atoms with Gasteiger partial charge in [-0.15, -0.1) is 0 Å². The van der Waals surface area contributed by atoms with Gasteiger partial charge in [-0.1, -0.05) is 259 Å². The van der Waals surface area contributed by atoms with Crippen molar-refractivity contribution in [3.05, 3.63) is 72.9 Å². The summed E-state index contributed by atoms with van der Waals surface area (Å²) in [6.07, 6.45) is 16.8. The Labute approximate surface area is 384 Å². The van der Waals surface area contributed by atoms with Crippen molar-refractivity contribution < 1.29 is 0 Å². The maximum absolute atomic E-state index is 4.09. The molecule has 0 spiro atoms. The summed E-state index contributed by atoms with van der Waals surface area (Å²) < 4.78 is 0. The van der Waals surface area contributed by atoms with Crippen molar-refractivity contribution in [2.45, 2.75) is 219 Å². The molecule has 0 unspecified atom stereocenters. The van der Waals surface area contributed by atoms with Gasteiger partial charge in [-0.25, -0.2) is 0 Å². The second kappa shape index (κ2) is 39.1. The van der Waals surface area contributed by atoms with Gasteiger partial charge in [-0.2, -0.15) is 0 Å². The number of hydrogen-bond donors (Lipinski definition) is 0. The monoisotopic (exact) mass is 839 g/mol. The lowest BCUT2D eigenvalue weighted by atomic mass is 9.86. The summed E-state index contributed by atoms with van der Waals surface area (Å²) >= 11 is 0. The second-order valence-electron chi connectivity index (χ2n) is 22.5. The molecule has 0 bridgehead atoms. The lowest BCUT2D eigenvalue weighted by Gasteiger charge is -2.20. The summed E-state index contributed by atoms with van der Waals surface area (Å²) in [6, 6.07) is 0. The van der Waals surface area contributed by atoms with E-state index in [1.54, 1.807) is 0 Å². The Balaban J connectivity index is -0.000000210. The zero-order valence-electron chi connectivity index (χ0n) is 46.6. The maximum Gasteiger partial charge on any atom is -0.0225 e. The molecule has 0 aromatic rings. The third kappa shape index (κ3) is 43.1. The Morgan fingerprint density at radius 3 is 0.883 bits per heavy atom. The number of allylic oxidation sites excluding steroid dienone is 8. The highest BCUT2D eigenvalue weighted by Crippen LogP contribution is 2.24. The summed E-state index contributed by atoms with van der Waals surface area (Å²) in [6.45, 7) is 75.0. The smallest absolute Gasteiger partial charge is 0.0225 e. The Hall–Kier alpha value is -1.56. The van der Waals surface area contributed by atoms with Crippen LogP contribution in [0.25, 0.3) is 0 Å². The summed E-state index contributed by atoms with van der Waals surface area (Å²) in [4.78, 5) is 0. The molecule has 358 valence electrons. The van der Waals surface area contributed by atoms with Gasteiger partial charge in [0.05, 0.1) is 0 Å². The molecule has 0 aliphatic carbocycles. The van der Waals surface area contributed by atoms with Crippen molar-refractivity contribution in [1.29, 1.82) is 0 Å².